The van der Waals surface area contributed by atoms with Crippen LogP contribution in [0, 0.1) is 0 Å². The zero-order valence-electron chi connectivity index (χ0n) is 5.62. The fourth-order valence-electron chi connectivity index (χ4n) is 0.967. The molecule has 0 atom stereocenters. The lowest BCUT2D eigenvalue weighted by Gasteiger charge is -2.33. The third-order valence-corrected chi connectivity index (χ3v) is 8.40. The highest BCUT2D eigenvalue weighted by molar-refractivity contribution is 8.34. The van der Waals surface area contributed by atoms with Crippen molar-refractivity contribution in [2.24, 2.45) is 0 Å². The smallest absolute Gasteiger partial charge is 0.0728 e. The largest absolute Gasteiger partial charge is 0.146 e. The van der Waals surface area contributed by atoms with E-state index in [9.17, 15) is 0 Å². The van der Waals surface area contributed by atoms with E-state index in [1.165, 1.54) is 23.0 Å². The van der Waals surface area contributed by atoms with Gasteiger partial charge in [-0.3, -0.25) is 0 Å². The molecule has 0 aliphatic carbocycles. The zero-order valence-corrected chi connectivity index (χ0v) is 8.88. The molecule has 10 heavy (non-hydrogen) atoms. The average Bonchev–Trinajstić information content (AvgIpc) is 1.86. The van der Waals surface area contributed by atoms with E-state index in [0.29, 0.717) is 0 Å². The first-order valence-electron chi connectivity index (χ1n) is 3.43. The predicted octanol–water partition coefficient (Wildman–Crippen LogP) is 2.95. The monoisotopic (exact) mass is 210 g/mol. The summed E-state index contributed by atoms with van der Waals surface area (Å²) in [6, 6.07) is 0. The highest BCUT2D eigenvalue weighted by Gasteiger charge is 2.30. The first-order valence-corrected chi connectivity index (χ1v) is 7.63. The molecule has 2 fully saturated rings. The standard InChI is InChI=1S/C6H10S4/c1-2-7-5(8-3-1)6-9-4-10-6/h5-6H,1-4H2. The molecule has 0 nitrogen and oxygen atoms in total. The molecule has 0 aromatic rings. The Morgan fingerprint density at radius 2 is 1.40 bits per heavy atom. The average molecular weight is 210 g/mol. The van der Waals surface area contributed by atoms with E-state index in [4.69, 9.17) is 0 Å². The van der Waals surface area contributed by atoms with Crippen molar-refractivity contribution >= 4 is 47.0 Å². The van der Waals surface area contributed by atoms with Gasteiger partial charge in [0.05, 0.1) is 9.16 Å². The van der Waals surface area contributed by atoms with Gasteiger partial charge in [0.2, 0.25) is 0 Å². The van der Waals surface area contributed by atoms with Crippen LogP contribution in [0.15, 0.2) is 0 Å². The molecule has 0 bridgehead atoms. The molecule has 2 aliphatic rings. The van der Waals surface area contributed by atoms with Gasteiger partial charge in [-0.2, -0.15) is 0 Å². The van der Waals surface area contributed by atoms with Gasteiger partial charge in [0, 0.05) is 5.08 Å². The normalized spacial score (nSPS) is 30.0. The van der Waals surface area contributed by atoms with Crippen LogP contribution in [0.25, 0.3) is 0 Å². The van der Waals surface area contributed by atoms with Crippen LogP contribution in [0.2, 0.25) is 0 Å². The maximum Gasteiger partial charge on any atom is 0.0728 e. The fraction of sp³-hybridized carbons (Fsp3) is 1.00. The number of rotatable bonds is 1. The minimum absolute atomic E-state index is 0.914. The van der Waals surface area contributed by atoms with Crippen LogP contribution in [0.3, 0.4) is 0 Å². The van der Waals surface area contributed by atoms with Gasteiger partial charge >= 0.3 is 0 Å². The minimum atomic E-state index is 0.914. The molecule has 0 unspecified atom stereocenters. The van der Waals surface area contributed by atoms with Gasteiger partial charge < -0.3 is 0 Å². The van der Waals surface area contributed by atoms with Crippen molar-refractivity contribution in [3.05, 3.63) is 0 Å². The Bertz CT molecular complexity index is 106. The molecule has 0 saturated carbocycles. The summed E-state index contributed by atoms with van der Waals surface area (Å²) in [5, 5.41) is 1.34. The van der Waals surface area contributed by atoms with E-state index < -0.39 is 0 Å². The molecule has 2 heterocycles. The molecule has 0 aromatic heterocycles. The Morgan fingerprint density at radius 3 is 1.90 bits per heavy atom. The highest BCUT2D eigenvalue weighted by Crippen LogP contribution is 2.49. The zero-order chi connectivity index (χ0) is 6.81. The molecule has 0 spiro atoms. The highest BCUT2D eigenvalue weighted by atomic mass is 32.3. The van der Waals surface area contributed by atoms with E-state index in [1.807, 2.05) is 0 Å². The molecular weight excluding hydrogens is 200 g/mol. The maximum atomic E-state index is 2.17. The summed E-state index contributed by atoms with van der Waals surface area (Å²) in [7, 11) is 0. The van der Waals surface area contributed by atoms with E-state index in [2.05, 4.69) is 47.0 Å². The van der Waals surface area contributed by atoms with Crippen molar-refractivity contribution in [3.63, 3.8) is 0 Å². The van der Waals surface area contributed by atoms with Gasteiger partial charge in [0.1, 0.15) is 0 Å². The van der Waals surface area contributed by atoms with Crippen molar-refractivity contribution < 1.29 is 0 Å². The van der Waals surface area contributed by atoms with Gasteiger partial charge in [-0.05, 0) is 17.9 Å². The van der Waals surface area contributed by atoms with Crippen LogP contribution < -0.4 is 0 Å². The number of hydrogen-bond acceptors (Lipinski definition) is 4. The Morgan fingerprint density at radius 1 is 0.800 bits per heavy atom. The van der Waals surface area contributed by atoms with Gasteiger partial charge in [-0.1, -0.05) is 0 Å². The first kappa shape index (κ1) is 8.02. The predicted molar refractivity (Wildman–Crippen MR) is 57.2 cm³/mol. The lowest BCUT2D eigenvalue weighted by atomic mass is 10.6. The summed E-state index contributed by atoms with van der Waals surface area (Å²) in [6.07, 6.45) is 1.42. The Kier molecular flexibility index (Phi) is 3.11. The van der Waals surface area contributed by atoms with Gasteiger partial charge in [-0.25, -0.2) is 0 Å². The van der Waals surface area contributed by atoms with E-state index >= 15 is 0 Å². The summed E-state index contributed by atoms with van der Waals surface area (Å²) in [5.74, 6) is 2.80. The second kappa shape index (κ2) is 3.87. The number of thioether (sulfide) groups is 4. The van der Waals surface area contributed by atoms with Gasteiger partial charge in [-0.15, -0.1) is 47.0 Å². The van der Waals surface area contributed by atoms with Crippen LogP contribution in [-0.4, -0.2) is 25.8 Å². The van der Waals surface area contributed by atoms with E-state index in [-0.39, 0.29) is 0 Å². The summed E-state index contributed by atoms with van der Waals surface area (Å²) in [6.45, 7) is 0. The summed E-state index contributed by atoms with van der Waals surface area (Å²) in [4.78, 5) is 0. The molecule has 0 radical (unpaired) electrons. The van der Waals surface area contributed by atoms with Crippen LogP contribution in [0.1, 0.15) is 6.42 Å². The lowest BCUT2D eigenvalue weighted by Crippen LogP contribution is -2.23. The van der Waals surface area contributed by atoms with Crippen molar-refractivity contribution in [3.8, 4) is 0 Å². The first-order chi connectivity index (χ1) is 4.97. The Balaban J connectivity index is 1.78. The molecule has 2 saturated heterocycles. The molecule has 4 heteroatoms. The van der Waals surface area contributed by atoms with Crippen LogP contribution in [0.5, 0.6) is 0 Å². The van der Waals surface area contributed by atoms with Gasteiger partial charge in [0.25, 0.3) is 0 Å². The molecule has 2 aliphatic heterocycles. The van der Waals surface area contributed by atoms with E-state index in [0.717, 1.165) is 9.16 Å². The summed E-state index contributed by atoms with van der Waals surface area (Å²) >= 11 is 8.60. The van der Waals surface area contributed by atoms with Crippen molar-refractivity contribution in [1.82, 2.24) is 0 Å². The molecule has 2 rings (SSSR count). The lowest BCUT2D eigenvalue weighted by molar-refractivity contribution is 1.09. The summed E-state index contributed by atoms with van der Waals surface area (Å²) < 4.78 is 1.84. The van der Waals surface area contributed by atoms with Crippen molar-refractivity contribution in [1.29, 1.82) is 0 Å². The second-order valence-electron chi connectivity index (χ2n) is 2.28. The number of hydrogen-bond donors (Lipinski definition) is 0. The van der Waals surface area contributed by atoms with Crippen LogP contribution in [0.4, 0.5) is 0 Å². The molecular formula is C6H10S4. The van der Waals surface area contributed by atoms with Gasteiger partial charge in [0.15, 0.2) is 0 Å². The molecule has 0 N–H and O–H groups in total. The topological polar surface area (TPSA) is 0 Å². The molecule has 0 aromatic carbocycles. The quantitative estimate of drug-likeness (QED) is 0.652. The molecule has 0 amide bonds. The third kappa shape index (κ3) is 1.76. The second-order valence-corrected chi connectivity index (χ2v) is 8.00. The Labute approximate surface area is 79.0 Å². The van der Waals surface area contributed by atoms with Crippen molar-refractivity contribution in [2.45, 2.75) is 15.6 Å². The van der Waals surface area contributed by atoms with Crippen molar-refractivity contribution in [2.75, 3.05) is 16.6 Å². The Hall–Kier alpha value is 1.40. The minimum Gasteiger partial charge on any atom is -0.146 e. The van der Waals surface area contributed by atoms with Crippen LogP contribution in [-0.2, 0) is 0 Å². The fourth-order valence-corrected chi connectivity index (χ4v) is 6.89. The third-order valence-electron chi connectivity index (χ3n) is 1.54. The maximum absolute atomic E-state index is 2.17. The SMILES string of the molecule is C1CSC(C2SCS2)SC1. The van der Waals surface area contributed by atoms with Crippen LogP contribution >= 0.6 is 47.0 Å². The summed E-state index contributed by atoms with van der Waals surface area (Å²) in [5.41, 5.74) is 0. The molecule has 58 valence electrons. The van der Waals surface area contributed by atoms with E-state index in [1.54, 1.807) is 0 Å².